The van der Waals surface area contributed by atoms with Crippen molar-refractivity contribution < 1.29 is 23.8 Å². The Balaban J connectivity index is 2.32. The Morgan fingerprint density at radius 3 is 2.35 bits per heavy atom. The van der Waals surface area contributed by atoms with Crippen LogP contribution >= 0.6 is 0 Å². The largest absolute Gasteiger partial charge is 0.486 e. The monoisotopic (exact) mass is 321 g/mol. The van der Waals surface area contributed by atoms with E-state index in [-0.39, 0.29) is 0 Å². The minimum absolute atomic E-state index is 0.455. The van der Waals surface area contributed by atoms with Gasteiger partial charge in [0.15, 0.2) is 11.5 Å². The lowest BCUT2D eigenvalue weighted by Crippen LogP contribution is -2.48. The number of likely N-dealkylation sites (N-methyl/N-ethyl adjacent to an activating group) is 1. The van der Waals surface area contributed by atoms with E-state index in [0.717, 1.165) is 6.29 Å². The van der Waals surface area contributed by atoms with Gasteiger partial charge in [-0.25, -0.2) is 4.79 Å². The number of carbonyl (C=O) groups excluding carboxylic acids is 2. The lowest BCUT2D eigenvalue weighted by molar-refractivity contribution is -0.117. The van der Waals surface area contributed by atoms with Crippen LogP contribution in [0.3, 0.4) is 0 Å². The van der Waals surface area contributed by atoms with Gasteiger partial charge >= 0.3 is 6.09 Å². The van der Waals surface area contributed by atoms with Gasteiger partial charge in [-0.3, -0.25) is 4.90 Å². The molecule has 0 N–H and O–H groups in total. The van der Waals surface area contributed by atoms with Crippen molar-refractivity contribution in [1.29, 1.82) is 0 Å². The standard InChI is InChI=1S/C17H23NO5/c1-16(2,3)23-15(20)18(5)17(4,11-19)12-6-7-13-14(10-12)22-9-8-21-13/h6-7,10-11H,8-9H2,1-5H3. The smallest absolute Gasteiger partial charge is 0.411 e. The van der Waals surface area contributed by atoms with E-state index < -0.39 is 17.2 Å². The molecule has 1 atom stereocenters. The zero-order chi connectivity index (χ0) is 17.3. The molecule has 2 rings (SSSR count). The molecule has 0 fully saturated rings. The first-order valence-electron chi connectivity index (χ1n) is 7.50. The molecule has 0 aromatic heterocycles. The highest BCUT2D eigenvalue weighted by Gasteiger charge is 2.37. The van der Waals surface area contributed by atoms with Gasteiger partial charge in [-0.1, -0.05) is 6.07 Å². The summed E-state index contributed by atoms with van der Waals surface area (Å²) in [5.41, 5.74) is -1.18. The molecule has 0 saturated heterocycles. The minimum Gasteiger partial charge on any atom is -0.486 e. The van der Waals surface area contributed by atoms with E-state index in [1.165, 1.54) is 4.90 Å². The molecule has 0 aliphatic carbocycles. The molecule has 1 heterocycles. The van der Waals surface area contributed by atoms with Crippen LogP contribution in [-0.2, 0) is 15.1 Å². The van der Waals surface area contributed by atoms with Gasteiger partial charge in [-0.05, 0) is 45.4 Å². The second-order valence-electron chi connectivity index (χ2n) is 6.66. The minimum atomic E-state index is -1.17. The number of ether oxygens (including phenoxy) is 3. The number of fused-ring (bicyclic) bond motifs is 1. The predicted octanol–water partition coefficient (Wildman–Crippen LogP) is 2.74. The Bertz CT molecular complexity index is 607. The van der Waals surface area contributed by atoms with Crippen molar-refractivity contribution in [3.8, 4) is 11.5 Å². The maximum atomic E-state index is 12.3. The maximum absolute atomic E-state index is 12.3. The van der Waals surface area contributed by atoms with Crippen LogP contribution in [0.25, 0.3) is 0 Å². The Morgan fingerprint density at radius 2 is 1.78 bits per heavy atom. The topological polar surface area (TPSA) is 65.1 Å². The highest BCUT2D eigenvalue weighted by atomic mass is 16.6. The molecule has 126 valence electrons. The third kappa shape index (κ3) is 3.57. The Kier molecular flexibility index (Phi) is 4.54. The number of hydrogen-bond acceptors (Lipinski definition) is 5. The lowest BCUT2D eigenvalue weighted by atomic mass is 9.92. The summed E-state index contributed by atoms with van der Waals surface area (Å²) >= 11 is 0. The van der Waals surface area contributed by atoms with Crippen LogP contribution in [0, 0.1) is 0 Å². The fourth-order valence-corrected chi connectivity index (χ4v) is 2.22. The lowest BCUT2D eigenvalue weighted by Gasteiger charge is -2.36. The summed E-state index contributed by atoms with van der Waals surface area (Å²) in [6.07, 6.45) is 0.157. The van der Waals surface area contributed by atoms with E-state index in [1.54, 1.807) is 52.9 Å². The average Bonchev–Trinajstić information content (AvgIpc) is 2.51. The molecule has 1 aromatic rings. The van der Waals surface area contributed by atoms with Crippen LogP contribution < -0.4 is 9.47 Å². The molecule has 0 saturated carbocycles. The van der Waals surface area contributed by atoms with E-state index in [1.807, 2.05) is 0 Å². The van der Waals surface area contributed by atoms with Crippen molar-refractivity contribution in [2.75, 3.05) is 20.3 Å². The molecule has 0 radical (unpaired) electrons. The zero-order valence-electron chi connectivity index (χ0n) is 14.2. The Morgan fingerprint density at radius 1 is 1.17 bits per heavy atom. The highest BCUT2D eigenvalue weighted by molar-refractivity contribution is 5.78. The number of aldehydes is 1. The molecular weight excluding hydrogens is 298 g/mol. The van der Waals surface area contributed by atoms with Crippen molar-refractivity contribution in [2.24, 2.45) is 0 Å². The van der Waals surface area contributed by atoms with Gasteiger partial charge in [0, 0.05) is 7.05 Å². The van der Waals surface area contributed by atoms with Crippen molar-refractivity contribution in [3.05, 3.63) is 23.8 Å². The second-order valence-corrected chi connectivity index (χ2v) is 6.66. The summed E-state index contributed by atoms with van der Waals surface area (Å²) in [6, 6.07) is 5.22. The van der Waals surface area contributed by atoms with Crippen LogP contribution in [-0.4, -0.2) is 43.1 Å². The van der Waals surface area contributed by atoms with Gasteiger partial charge in [0.25, 0.3) is 0 Å². The van der Waals surface area contributed by atoms with Crippen molar-refractivity contribution in [3.63, 3.8) is 0 Å². The van der Waals surface area contributed by atoms with E-state index in [2.05, 4.69) is 0 Å². The van der Waals surface area contributed by atoms with Crippen LogP contribution in [0.5, 0.6) is 11.5 Å². The van der Waals surface area contributed by atoms with Crippen LogP contribution in [0.2, 0.25) is 0 Å². The van der Waals surface area contributed by atoms with E-state index >= 15 is 0 Å². The van der Waals surface area contributed by atoms with Gasteiger partial charge < -0.3 is 19.0 Å². The fraction of sp³-hybridized carbons (Fsp3) is 0.529. The van der Waals surface area contributed by atoms with Crippen LogP contribution in [0.4, 0.5) is 4.79 Å². The highest BCUT2D eigenvalue weighted by Crippen LogP contribution is 2.36. The van der Waals surface area contributed by atoms with E-state index in [0.29, 0.717) is 30.3 Å². The normalized spacial score (nSPS) is 16.2. The third-order valence-corrected chi connectivity index (χ3v) is 3.72. The third-order valence-electron chi connectivity index (χ3n) is 3.72. The number of hydrogen-bond donors (Lipinski definition) is 0. The predicted molar refractivity (Wildman–Crippen MR) is 84.8 cm³/mol. The molecule has 1 unspecified atom stereocenters. The van der Waals surface area contributed by atoms with E-state index in [9.17, 15) is 9.59 Å². The summed E-state index contributed by atoms with van der Waals surface area (Å²) in [5, 5.41) is 0. The molecule has 0 bridgehead atoms. The van der Waals surface area contributed by atoms with Crippen molar-refractivity contribution in [1.82, 2.24) is 4.90 Å². The van der Waals surface area contributed by atoms with Gasteiger partial charge in [0.05, 0.1) is 0 Å². The van der Waals surface area contributed by atoms with Crippen molar-refractivity contribution >= 4 is 12.4 Å². The van der Waals surface area contributed by atoms with E-state index in [4.69, 9.17) is 14.2 Å². The first kappa shape index (κ1) is 17.1. The number of rotatable bonds is 3. The molecule has 1 aliphatic heterocycles. The number of benzene rings is 1. The molecule has 23 heavy (non-hydrogen) atoms. The number of nitrogens with zero attached hydrogens (tertiary/aromatic N) is 1. The summed E-state index contributed by atoms with van der Waals surface area (Å²) in [5.74, 6) is 1.20. The van der Waals surface area contributed by atoms with Crippen molar-refractivity contribution in [2.45, 2.75) is 38.8 Å². The molecule has 1 amide bonds. The zero-order valence-corrected chi connectivity index (χ0v) is 14.2. The van der Waals surface area contributed by atoms with Crippen LogP contribution in [0.1, 0.15) is 33.3 Å². The molecule has 0 spiro atoms. The molecule has 6 nitrogen and oxygen atoms in total. The molecular formula is C17H23NO5. The summed E-state index contributed by atoms with van der Waals surface area (Å²) in [4.78, 5) is 25.4. The molecule has 6 heteroatoms. The second kappa shape index (κ2) is 6.10. The number of amides is 1. The molecule has 1 aromatic carbocycles. The summed E-state index contributed by atoms with van der Waals surface area (Å²) in [6.45, 7) is 7.95. The quantitative estimate of drug-likeness (QED) is 0.801. The molecule has 1 aliphatic rings. The maximum Gasteiger partial charge on any atom is 0.411 e. The SMILES string of the molecule is CN(C(=O)OC(C)(C)C)C(C)(C=O)c1ccc2c(c1)OCCO2. The first-order valence-corrected chi connectivity index (χ1v) is 7.50. The Labute approximate surface area is 136 Å². The number of carbonyl (C=O) groups is 2. The van der Waals surface area contributed by atoms with Gasteiger partial charge in [-0.2, -0.15) is 0 Å². The first-order chi connectivity index (χ1) is 10.7. The van der Waals surface area contributed by atoms with Crippen LogP contribution in [0.15, 0.2) is 18.2 Å². The van der Waals surface area contributed by atoms with Gasteiger partial charge in [-0.15, -0.1) is 0 Å². The van der Waals surface area contributed by atoms with Gasteiger partial charge in [0.1, 0.15) is 30.6 Å². The average molecular weight is 321 g/mol. The Hall–Kier alpha value is -2.24. The fourth-order valence-electron chi connectivity index (χ4n) is 2.22. The van der Waals surface area contributed by atoms with Gasteiger partial charge in [0.2, 0.25) is 0 Å². The summed E-state index contributed by atoms with van der Waals surface area (Å²) < 4.78 is 16.4. The summed E-state index contributed by atoms with van der Waals surface area (Å²) in [7, 11) is 1.54.